The smallest absolute Gasteiger partial charge is 0.146 e. The zero-order chi connectivity index (χ0) is 11.5. The van der Waals surface area contributed by atoms with Crippen LogP contribution in [0.5, 0.6) is 0 Å². The molecule has 84 valence electrons. The van der Waals surface area contributed by atoms with E-state index in [9.17, 15) is 0 Å². The number of anilines is 2. The van der Waals surface area contributed by atoms with Crippen LogP contribution in [0, 0.1) is 6.92 Å². The van der Waals surface area contributed by atoms with Crippen molar-refractivity contribution in [2.45, 2.75) is 19.9 Å². The third-order valence-corrected chi connectivity index (χ3v) is 3.32. The fraction of sp³-hybridized carbons (Fsp3) is 0.273. The SMILES string of the molecule is Cc1cnc(C(C)Nc2cccnc2N)s1. The Balaban J connectivity index is 2.13. The van der Waals surface area contributed by atoms with Gasteiger partial charge in [0.1, 0.15) is 10.8 Å². The molecule has 0 aliphatic rings. The van der Waals surface area contributed by atoms with E-state index >= 15 is 0 Å². The third-order valence-electron chi connectivity index (χ3n) is 2.22. The maximum Gasteiger partial charge on any atom is 0.146 e. The van der Waals surface area contributed by atoms with E-state index in [4.69, 9.17) is 5.73 Å². The van der Waals surface area contributed by atoms with Crippen molar-refractivity contribution in [1.82, 2.24) is 9.97 Å². The minimum atomic E-state index is 0.144. The van der Waals surface area contributed by atoms with Gasteiger partial charge in [-0.1, -0.05) is 0 Å². The van der Waals surface area contributed by atoms with E-state index in [0.717, 1.165) is 10.7 Å². The second-order valence-electron chi connectivity index (χ2n) is 3.61. The average molecular weight is 234 g/mol. The highest BCUT2D eigenvalue weighted by Gasteiger charge is 2.10. The lowest BCUT2D eigenvalue weighted by Crippen LogP contribution is -2.08. The lowest BCUT2D eigenvalue weighted by Gasteiger charge is -2.13. The van der Waals surface area contributed by atoms with Gasteiger partial charge in [-0.3, -0.25) is 0 Å². The molecule has 0 spiro atoms. The molecule has 1 atom stereocenters. The van der Waals surface area contributed by atoms with Crippen LogP contribution < -0.4 is 11.1 Å². The number of pyridine rings is 1. The quantitative estimate of drug-likeness (QED) is 0.856. The Morgan fingerprint density at radius 2 is 2.25 bits per heavy atom. The molecule has 16 heavy (non-hydrogen) atoms. The summed E-state index contributed by atoms with van der Waals surface area (Å²) in [7, 11) is 0. The molecular formula is C11H14N4S. The van der Waals surface area contributed by atoms with Crippen LogP contribution in [0.25, 0.3) is 0 Å². The Labute approximate surface area is 98.6 Å². The standard InChI is InChI=1S/C11H14N4S/c1-7-6-14-11(16-7)8(2)15-9-4-3-5-13-10(9)12/h3-6,8,15H,1-2H3,(H2,12,13). The molecular weight excluding hydrogens is 220 g/mol. The number of thiazole rings is 1. The molecule has 3 N–H and O–H groups in total. The number of aromatic nitrogens is 2. The summed E-state index contributed by atoms with van der Waals surface area (Å²) in [6, 6.07) is 3.92. The molecule has 2 heterocycles. The van der Waals surface area contributed by atoms with E-state index in [0.29, 0.717) is 5.82 Å². The summed E-state index contributed by atoms with van der Waals surface area (Å²) in [6.07, 6.45) is 3.56. The molecule has 0 saturated heterocycles. The minimum absolute atomic E-state index is 0.144. The Hall–Kier alpha value is -1.62. The van der Waals surface area contributed by atoms with E-state index in [-0.39, 0.29) is 6.04 Å². The number of aryl methyl sites for hydroxylation is 1. The van der Waals surface area contributed by atoms with Gasteiger partial charge in [-0.25, -0.2) is 9.97 Å². The molecule has 2 rings (SSSR count). The number of nitrogens with two attached hydrogens (primary N) is 1. The summed E-state index contributed by atoms with van der Waals surface area (Å²) in [5.74, 6) is 0.516. The zero-order valence-electron chi connectivity index (χ0n) is 9.27. The highest BCUT2D eigenvalue weighted by atomic mass is 32.1. The van der Waals surface area contributed by atoms with Crippen LogP contribution in [-0.4, -0.2) is 9.97 Å². The van der Waals surface area contributed by atoms with Crippen molar-refractivity contribution in [3.8, 4) is 0 Å². The van der Waals surface area contributed by atoms with E-state index < -0.39 is 0 Å². The first kappa shape index (κ1) is 10.9. The number of nitrogens with one attached hydrogen (secondary N) is 1. The van der Waals surface area contributed by atoms with Gasteiger partial charge in [0, 0.05) is 17.3 Å². The number of hydrogen-bond acceptors (Lipinski definition) is 5. The minimum Gasteiger partial charge on any atom is -0.382 e. The van der Waals surface area contributed by atoms with Gasteiger partial charge in [0.15, 0.2) is 0 Å². The summed E-state index contributed by atoms with van der Waals surface area (Å²) >= 11 is 1.69. The second-order valence-corrected chi connectivity index (χ2v) is 4.88. The second kappa shape index (κ2) is 4.49. The molecule has 0 aromatic carbocycles. The Kier molecular flexibility index (Phi) is 3.05. The number of nitrogens with zero attached hydrogens (tertiary/aromatic N) is 2. The van der Waals surface area contributed by atoms with Crippen molar-refractivity contribution >= 4 is 22.8 Å². The van der Waals surface area contributed by atoms with E-state index in [2.05, 4.69) is 22.2 Å². The van der Waals surface area contributed by atoms with Crippen LogP contribution in [0.2, 0.25) is 0 Å². The van der Waals surface area contributed by atoms with Gasteiger partial charge in [-0.2, -0.15) is 0 Å². The zero-order valence-corrected chi connectivity index (χ0v) is 10.1. The van der Waals surface area contributed by atoms with Gasteiger partial charge in [-0.15, -0.1) is 11.3 Å². The summed E-state index contributed by atoms with van der Waals surface area (Å²) in [5, 5.41) is 4.36. The monoisotopic (exact) mass is 234 g/mol. The maximum atomic E-state index is 5.76. The van der Waals surface area contributed by atoms with E-state index in [1.807, 2.05) is 25.3 Å². The lowest BCUT2D eigenvalue weighted by atomic mass is 10.3. The van der Waals surface area contributed by atoms with Crippen LogP contribution in [0.1, 0.15) is 22.9 Å². The normalized spacial score (nSPS) is 12.4. The van der Waals surface area contributed by atoms with Crippen molar-refractivity contribution in [3.05, 3.63) is 34.4 Å². The van der Waals surface area contributed by atoms with Crippen LogP contribution in [0.3, 0.4) is 0 Å². The van der Waals surface area contributed by atoms with Crippen LogP contribution in [0.4, 0.5) is 11.5 Å². The van der Waals surface area contributed by atoms with Crippen LogP contribution in [0.15, 0.2) is 24.5 Å². The number of nitrogen functional groups attached to an aromatic ring is 1. The molecule has 0 fully saturated rings. The first-order valence-corrected chi connectivity index (χ1v) is 5.88. The molecule has 0 saturated carbocycles. The molecule has 4 nitrogen and oxygen atoms in total. The van der Waals surface area contributed by atoms with Gasteiger partial charge in [-0.05, 0) is 26.0 Å². The van der Waals surface area contributed by atoms with Gasteiger partial charge in [0.2, 0.25) is 0 Å². The van der Waals surface area contributed by atoms with Crippen molar-refractivity contribution in [2.24, 2.45) is 0 Å². The summed E-state index contributed by atoms with van der Waals surface area (Å²) in [6.45, 7) is 4.11. The number of hydrogen-bond donors (Lipinski definition) is 2. The van der Waals surface area contributed by atoms with Gasteiger partial charge < -0.3 is 11.1 Å². The van der Waals surface area contributed by atoms with Crippen LogP contribution in [-0.2, 0) is 0 Å². The van der Waals surface area contributed by atoms with Gasteiger partial charge in [0.05, 0.1) is 11.7 Å². The molecule has 0 amide bonds. The molecule has 5 heteroatoms. The van der Waals surface area contributed by atoms with Gasteiger partial charge in [0.25, 0.3) is 0 Å². The predicted octanol–water partition coefficient (Wildman–Crippen LogP) is 2.60. The molecule has 0 radical (unpaired) electrons. The highest BCUT2D eigenvalue weighted by molar-refractivity contribution is 7.11. The van der Waals surface area contributed by atoms with Crippen molar-refractivity contribution in [3.63, 3.8) is 0 Å². The molecule has 2 aromatic heterocycles. The van der Waals surface area contributed by atoms with Gasteiger partial charge >= 0.3 is 0 Å². The summed E-state index contributed by atoms with van der Waals surface area (Å²) in [5.41, 5.74) is 6.61. The van der Waals surface area contributed by atoms with Crippen molar-refractivity contribution < 1.29 is 0 Å². The Bertz CT molecular complexity index is 480. The van der Waals surface area contributed by atoms with E-state index in [1.54, 1.807) is 17.5 Å². The van der Waals surface area contributed by atoms with E-state index in [1.165, 1.54) is 4.88 Å². The first-order chi connectivity index (χ1) is 7.66. The van der Waals surface area contributed by atoms with Crippen LogP contribution >= 0.6 is 11.3 Å². The largest absolute Gasteiger partial charge is 0.382 e. The average Bonchev–Trinajstić information content (AvgIpc) is 2.68. The van der Waals surface area contributed by atoms with Crippen molar-refractivity contribution in [2.75, 3.05) is 11.1 Å². The summed E-state index contributed by atoms with van der Waals surface area (Å²) in [4.78, 5) is 9.58. The number of rotatable bonds is 3. The summed E-state index contributed by atoms with van der Waals surface area (Å²) < 4.78 is 0. The topological polar surface area (TPSA) is 63.8 Å². The molecule has 2 aromatic rings. The molecule has 0 aliphatic heterocycles. The fourth-order valence-corrected chi connectivity index (χ4v) is 2.18. The maximum absolute atomic E-state index is 5.76. The third kappa shape index (κ3) is 2.30. The highest BCUT2D eigenvalue weighted by Crippen LogP contribution is 2.24. The molecule has 0 aliphatic carbocycles. The van der Waals surface area contributed by atoms with Crippen molar-refractivity contribution in [1.29, 1.82) is 0 Å². The Morgan fingerprint density at radius 1 is 1.44 bits per heavy atom. The lowest BCUT2D eigenvalue weighted by molar-refractivity contribution is 0.869. The Morgan fingerprint density at radius 3 is 2.88 bits per heavy atom. The molecule has 1 unspecified atom stereocenters. The fourth-order valence-electron chi connectivity index (χ4n) is 1.41. The predicted molar refractivity (Wildman–Crippen MR) is 67.5 cm³/mol. The molecule has 0 bridgehead atoms. The first-order valence-electron chi connectivity index (χ1n) is 5.06.